The molecule has 1 spiro atoms. The normalized spacial score (nSPS) is 28.5. The summed E-state index contributed by atoms with van der Waals surface area (Å²) in [6, 6.07) is 0. The lowest BCUT2D eigenvalue weighted by Crippen LogP contribution is -2.30. The highest BCUT2D eigenvalue weighted by Crippen LogP contribution is 2.52. The van der Waals surface area contributed by atoms with E-state index in [2.05, 4.69) is 20.8 Å². The summed E-state index contributed by atoms with van der Waals surface area (Å²) in [5.41, 5.74) is 1.38. The zero-order valence-corrected chi connectivity index (χ0v) is 10.2. The van der Waals surface area contributed by atoms with Crippen molar-refractivity contribution in [2.45, 2.75) is 72.1 Å². The zero-order valence-electron chi connectivity index (χ0n) is 10.2. The van der Waals surface area contributed by atoms with E-state index >= 15 is 0 Å². The summed E-state index contributed by atoms with van der Waals surface area (Å²) in [5, 5.41) is 0. The van der Waals surface area contributed by atoms with Gasteiger partial charge in [0.25, 0.3) is 0 Å². The van der Waals surface area contributed by atoms with Gasteiger partial charge in [-0.1, -0.05) is 33.6 Å². The maximum absolute atomic E-state index is 2.42. The van der Waals surface area contributed by atoms with Gasteiger partial charge in [0.15, 0.2) is 0 Å². The first-order chi connectivity index (χ1) is 6.52. The van der Waals surface area contributed by atoms with Gasteiger partial charge in [-0.05, 0) is 55.3 Å². The van der Waals surface area contributed by atoms with Crippen molar-refractivity contribution in [3.8, 4) is 0 Å². The SMILES string of the molecule is CC(C)(C)C1CCC2(CCCC2)CC1. The summed E-state index contributed by atoms with van der Waals surface area (Å²) in [4.78, 5) is 0. The molecule has 0 N–H and O–H groups in total. The Labute approximate surface area is 89.5 Å². The number of rotatable bonds is 0. The Hall–Kier alpha value is 0. The molecular weight excluding hydrogens is 168 g/mol. The van der Waals surface area contributed by atoms with E-state index in [0.717, 1.165) is 11.3 Å². The Kier molecular flexibility index (Phi) is 2.66. The highest BCUT2D eigenvalue weighted by atomic mass is 14.4. The van der Waals surface area contributed by atoms with Gasteiger partial charge < -0.3 is 0 Å². The fourth-order valence-corrected chi connectivity index (χ4v) is 3.72. The molecule has 0 amide bonds. The smallest absolute Gasteiger partial charge is 0.0297 e. The first kappa shape index (κ1) is 10.5. The molecule has 2 fully saturated rings. The van der Waals surface area contributed by atoms with E-state index in [1.54, 1.807) is 12.8 Å². The van der Waals surface area contributed by atoms with E-state index in [4.69, 9.17) is 0 Å². The third kappa shape index (κ3) is 1.99. The fourth-order valence-electron chi connectivity index (χ4n) is 3.72. The fraction of sp³-hybridized carbons (Fsp3) is 1.00. The minimum Gasteiger partial charge on any atom is -0.0599 e. The monoisotopic (exact) mass is 194 g/mol. The van der Waals surface area contributed by atoms with Gasteiger partial charge in [0.05, 0.1) is 0 Å². The highest BCUT2D eigenvalue weighted by Gasteiger charge is 2.39. The van der Waals surface area contributed by atoms with Crippen molar-refractivity contribution < 1.29 is 0 Å². The molecule has 0 bridgehead atoms. The van der Waals surface area contributed by atoms with Crippen LogP contribution in [-0.2, 0) is 0 Å². The Morgan fingerprint density at radius 2 is 1.36 bits per heavy atom. The van der Waals surface area contributed by atoms with Crippen molar-refractivity contribution >= 4 is 0 Å². The quantitative estimate of drug-likeness (QED) is 0.520. The summed E-state index contributed by atoms with van der Waals surface area (Å²) < 4.78 is 0. The molecule has 0 aromatic carbocycles. The predicted octanol–water partition coefficient (Wildman–Crippen LogP) is 4.78. The molecule has 0 aromatic heterocycles. The average Bonchev–Trinajstić information content (AvgIpc) is 2.53. The second kappa shape index (κ2) is 3.54. The lowest BCUT2D eigenvalue weighted by Gasteiger charge is -2.42. The van der Waals surface area contributed by atoms with Gasteiger partial charge >= 0.3 is 0 Å². The van der Waals surface area contributed by atoms with Crippen LogP contribution in [0.1, 0.15) is 72.1 Å². The van der Waals surface area contributed by atoms with Gasteiger partial charge in [-0.3, -0.25) is 0 Å². The molecule has 0 aromatic rings. The first-order valence-electron chi connectivity index (χ1n) is 6.52. The Bertz CT molecular complexity index is 181. The lowest BCUT2D eigenvalue weighted by molar-refractivity contribution is 0.0918. The molecule has 0 unspecified atom stereocenters. The van der Waals surface area contributed by atoms with Crippen molar-refractivity contribution in [2.24, 2.45) is 16.7 Å². The standard InChI is InChI=1S/C14H26/c1-13(2,3)12-6-10-14(11-7-12)8-4-5-9-14/h12H,4-11H2,1-3H3. The summed E-state index contributed by atoms with van der Waals surface area (Å²) in [6.07, 6.45) is 12.2. The Balaban J connectivity index is 1.92. The van der Waals surface area contributed by atoms with Crippen molar-refractivity contribution in [2.75, 3.05) is 0 Å². The van der Waals surface area contributed by atoms with Crippen molar-refractivity contribution in [3.63, 3.8) is 0 Å². The van der Waals surface area contributed by atoms with E-state index in [1.807, 2.05) is 0 Å². The molecule has 0 aliphatic heterocycles. The van der Waals surface area contributed by atoms with Gasteiger partial charge in [-0.25, -0.2) is 0 Å². The van der Waals surface area contributed by atoms with Crippen LogP contribution in [0.25, 0.3) is 0 Å². The van der Waals surface area contributed by atoms with Crippen LogP contribution in [0.15, 0.2) is 0 Å². The second-order valence-electron chi connectivity index (χ2n) is 6.85. The predicted molar refractivity (Wildman–Crippen MR) is 62.3 cm³/mol. The van der Waals surface area contributed by atoms with E-state index in [0.29, 0.717) is 5.41 Å². The molecule has 2 aliphatic rings. The lowest BCUT2D eigenvalue weighted by atomic mass is 9.63. The van der Waals surface area contributed by atoms with Crippen molar-refractivity contribution in [1.82, 2.24) is 0 Å². The average molecular weight is 194 g/mol. The van der Waals surface area contributed by atoms with Crippen LogP contribution in [0.5, 0.6) is 0 Å². The summed E-state index contributed by atoms with van der Waals surface area (Å²) in [7, 11) is 0. The molecule has 0 nitrogen and oxygen atoms in total. The van der Waals surface area contributed by atoms with E-state index in [9.17, 15) is 0 Å². The third-order valence-corrected chi connectivity index (χ3v) is 4.94. The van der Waals surface area contributed by atoms with Gasteiger partial charge in [-0.15, -0.1) is 0 Å². The molecule has 2 aliphatic carbocycles. The summed E-state index contributed by atoms with van der Waals surface area (Å²) in [5.74, 6) is 0.994. The van der Waals surface area contributed by atoms with Crippen molar-refractivity contribution in [3.05, 3.63) is 0 Å². The highest BCUT2D eigenvalue weighted by molar-refractivity contribution is 4.91. The van der Waals surface area contributed by atoms with Crippen molar-refractivity contribution in [1.29, 1.82) is 0 Å². The maximum atomic E-state index is 2.42. The number of hydrogen-bond acceptors (Lipinski definition) is 0. The number of hydrogen-bond donors (Lipinski definition) is 0. The molecule has 0 radical (unpaired) electrons. The minimum atomic E-state index is 0.556. The Morgan fingerprint density at radius 1 is 0.857 bits per heavy atom. The molecule has 0 atom stereocenters. The van der Waals surface area contributed by atoms with Crippen LogP contribution >= 0.6 is 0 Å². The molecule has 2 saturated carbocycles. The van der Waals surface area contributed by atoms with E-state index < -0.39 is 0 Å². The first-order valence-corrected chi connectivity index (χ1v) is 6.52. The topological polar surface area (TPSA) is 0 Å². The summed E-state index contributed by atoms with van der Waals surface area (Å²) in [6.45, 7) is 7.26. The van der Waals surface area contributed by atoms with Gasteiger partial charge in [0.2, 0.25) is 0 Å². The molecule has 14 heavy (non-hydrogen) atoms. The summed E-state index contributed by atoms with van der Waals surface area (Å²) >= 11 is 0. The largest absolute Gasteiger partial charge is 0.0599 e. The van der Waals surface area contributed by atoms with E-state index in [1.165, 1.54) is 38.5 Å². The van der Waals surface area contributed by atoms with E-state index in [-0.39, 0.29) is 0 Å². The van der Waals surface area contributed by atoms with Gasteiger partial charge in [0, 0.05) is 0 Å². The molecular formula is C14H26. The molecule has 82 valence electrons. The maximum Gasteiger partial charge on any atom is -0.0297 e. The van der Waals surface area contributed by atoms with Crippen LogP contribution in [0, 0.1) is 16.7 Å². The molecule has 0 heteroatoms. The molecule has 0 heterocycles. The van der Waals surface area contributed by atoms with Crippen LogP contribution in [-0.4, -0.2) is 0 Å². The Morgan fingerprint density at radius 3 is 1.79 bits per heavy atom. The zero-order chi connectivity index (χ0) is 10.2. The second-order valence-corrected chi connectivity index (χ2v) is 6.85. The van der Waals surface area contributed by atoms with Gasteiger partial charge in [0.1, 0.15) is 0 Å². The molecule has 0 saturated heterocycles. The van der Waals surface area contributed by atoms with Crippen LogP contribution < -0.4 is 0 Å². The minimum absolute atomic E-state index is 0.556. The third-order valence-electron chi connectivity index (χ3n) is 4.94. The van der Waals surface area contributed by atoms with Crippen LogP contribution in [0.4, 0.5) is 0 Å². The van der Waals surface area contributed by atoms with Crippen LogP contribution in [0.2, 0.25) is 0 Å². The van der Waals surface area contributed by atoms with Crippen LogP contribution in [0.3, 0.4) is 0 Å². The van der Waals surface area contributed by atoms with Gasteiger partial charge in [-0.2, -0.15) is 0 Å². The molecule has 2 rings (SSSR count).